The lowest BCUT2D eigenvalue weighted by Gasteiger charge is -2.13. The molecule has 0 aromatic rings. The van der Waals surface area contributed by atoms with Gasteiger partial charge in [-0.05, 0) is 0 Å². The van der Waals surface area contributed by atoms with Crippen LogP contribution in [0.5, 0.6) is 0 Å². The first kappa shape index (κ1) is 15.7. The van der Waals surface area contributed by atoms with E-state index in [0.717, 1.165) is 0 Å². The summed E-state index contributed by atoms with van der Waals surface area (Å²) in [4.78, 5) is 21.7. The van der Waals surface area contributed by atoms with Gasteiger partial charge in [0.25, 0.3) is 6.43 Å². The highest BCUT2D eigenvalue weighted by Crippen LogP contribution is 1.95. The van der Waals surface area contributed by atoms with Crippen LogP contribution in [0.1, 0.15) is 12.8 Å². The van der Waals surface area contributed by atoms with Crippen LogP contribution >= 0.6 is 0 Å². The van der Waals surface area contributed by atoms with Crippen molar-refractivity contribution in [2.75, 3.05) is 19.8 Å². The van der Waals surface area contributed by atoms with E-state index in [1.807, 2.05) is 0 Å². The summed E-state index contributed by atoms with van der Waals surface area (Å²) in [5, 5.41) is 19.3. The third-order valence-corrected chi connectivity index (χ3v) is 1.77. The second-order valence-electron chi connectivity index (χ2n) is 3.19. The fraction of sp³-hybridized carbons (Fsp3) is 0.778. The zero-order chi connectivity index (χ0) is 13.3. The Morgan fingerprint density at radius 1 is 1.35 bits per heavy atom. The summed E-state index contributed by atoms with van der Waals surface area (Å²) >= 11 is 0. The molecule has 0 aromatic heterocycles. The molecule has 17 heavy (non-hydrogen) atoms. The molecule has 0 saturated carbocycles. The minimum absolute atomic E-state index is 0.112. The average Bonchev–Trinajstić information content (AvgIpc) is 2.23. The SMILES string of the molecule is O=C(CCOCC(F)F)N[C@H](CCO)C(=O)O. The fourth-order valence-electron chi connectivity index (χ4n) is 0.990. The summed E-state index contributed by atoms with van der Waals surface area (Å²) in [7, 11) is 0. The Bertz CT molecular complexity index is 250. The minimum Gasteiger partial charge on any atom is -0.480 e. The summed E-state index contributed by atoms with van der Waals surface area (Å²) in [6.07, 6.45) is -2.92. The van der Waals surface area contributed by atoms with E-state index >= 15 is 0 Å². The molecule has 1 atom stereocenters. The van der Waals surface area contributed by atoms with Crippen LogP contribution in [0.3, 0.4) is 0 Å². The molecular formula is C9H15F2NO5. The summed E-state index contributed by atoms with van der Waals surface area (Å²) in [5.41, 5.74) is 0. The van der Waals surface area contributed by atoms with Gasteiger partial charge >= 0.3 is 5.97 Å². The number of alkyl halides is 2. The largest absolute Gasteiger partial charge is 0.480 e. The molecule has 0 unspecified atom stereocenters. The quantitative estimate of drug-likeness (QED) is 0.488. The second-order valence-corrected chi connectivity index (χ2v) is 3.19. The number of nitrogens with one attached hydrogen (secondary N) is 1. The van der Waals surface area contributed by atoms with Crippen molar-refractivity contribution in [1.82, 2.24) is 5.32 Å². The van der Waals surface area contributed by atoms with Gasteiger partial charge in [-0.2, -0.15) is 0 Å². The third kappa shape index (κ3) is 8.52. The van der Waals surface area contributed by atoms with Crippen molar-refractivity contribution in [3.8, 4) is 0 Å². The molecule has 0 rings (SSSR count). The zero-order valence-corrected chi connectivity index (χ0v) is 9.07. The molecule has 0 bridgehead atoms. The Balaban J connectivity index is 3.78. The number of hydrogen-bond acceptors (Lipinski definition) is 4. The topological polar surface area (TPSA) is 95.9 Å². The van der Waals surface area contributed by atoms with Crippen molar-refractivity contribution in [2.24, 2.45) is 0 Å². The van der Waals surface area contributed by atoms with E-state index in [1.165, 1.54) is 0 Å². The van der Waals surface area contributed by atoms with Crippen LogP contribution < -0.4 is 5.32 Å². The van der Waals surface area contributed by atoms with Gasteiger partial charge in [-0.25, -0.2) is 13.6 Å². The summed E-state index contributed by atoms with van der Waals surface area (Å²) < 4.78 is 27.7. The number of carboxylic acids is 1. The van der Waals surface area contributed by atoms with Crippen LogP contribution in [0, 0.1) is 0 Å². The zero-order valence-electron chi connectivity index (χ0n) is 9.07. The third-order valence-electron chi connectivity index (χ3n) is 1.77. The second kappa shape index (κ2) is 8.82. The van der Waals surface area contributed by atoms with Gasteiger partial charge in [0.1, 0.15) is 12.6 Å². The van der Waals surface area contributed by atoms with Gasteiger partial charge in [0, 0.05) is 19.4 Å². The normalized spacial score (nSPS) is 12.5. The van der Waals surface area contributed by atoms with E-state index < -0.39 is 31.0 Å². The van der Waals surface area contributed by atoms with Crippen molar-refractivity contribution < 1.29 is 33.3 Å². The molecule has 0 saturated heterocycles. The Morgan fingerprint density at radius 3 is 2.47 bits per heavy atom. The number of hydrogen-bond donors (Lipinski definition) is 3. The molecule has 0 aliphatic heterocycles. The summed E-state index contributed by atoms with van der Waals surface area (Å²) in [6, 6.07) is -1.18. The lowest BCUT2D eigenvalue weighted by Crippen LogP contribution is -2.41. The number of amides is 1. The highest BCUT2D eigenvalue weighted by Gasteiger charge is 2.18. The minimum atomic E-state index is -2.60. The molecule has 0 radical (unpaired) electrons. The molecule has 8 heteroatoms. The number of halogens is 2. The maximum atomic E-state index is 11.6. The van der Waals surface area contributed by atoms with Crippen molar-refractivity contribution in [1.29, 1.82) is 0 Å². The van der Waals surface area contributed by atoms with Gasteiger partial charge in [-0.3, -0.25) is 4.79 Å². The highest BCUT2D eigenvalue weighted by molar-refractivity contribution is 5.83. The standard InChI is InChI=1S/C9H15F2NO5/c10-7(11)5-17-4-2-8(14)12-6(1-3-13)9(15)16/h6-7,13H,1-5H2,(H,12,14)(H,15,16)/t6-/m1/s1. The van der Waals surface area contributed by atoms with E-state index in [9.17, 15) is 18.4 Å². The number of ether oxygens (including phenoxy) is 1. The van der Waals surface area contributed by atoms with Crippen molar-refractivity contribution in [3.63, 3.8) is 0 Å². The number of aliphatic carboxylic acids is 1. The molecule has 0 heterocycles. The van der Waals surface area contributed by atoms with E-state index in [-0.39, 0.29) is 26.1 Å². The van der Waals surface area contributed by atoms with Crippen LogP contribution in [0.4, 0.5) is 8.78 Å². The molecule has 0 aliphatic rings. The van der Waals surface area contributed by atoms with E-state index in [1.54, 1.807) is 0 Å². The van der Waals surface area contributed by atoms with E-state index in [0.29, 0.717) is 0 Å². The first-order chi connectivity index (χ1) is 7.97. The maximum Gasteiger partial charge on any atom is 0.326 e. The number of aliphatic hydroxyl groups excluding tert-OH is 1. The lowest BCUT2D eigenvalue weighted by atomic mass is 10.2. The van der Waals surface area contributed by atoms with Crippen molar-refractivity contribution in [3.05, 3.63) is 0 Å². The molecule has 6 nitrogen and oxygen atoms in total. The lowest BCUT2D eigenvalue weighted by molar-refractivity contribution is -0.142. The fourth-order valence-corrected chi connectivity index (χ4v) is 0.990. The monoisotopic (exact) mass is 255 g/mol. The first-order valence-electron chi connectivity index (χ1n) is 4.96. The van der Waals surface area contributed by atoms with Crippen LogP contribution in [-0.2, 0) is 14.3 Å². The first-order valence-corrected chi connectivity index (χ1v) is 4.96. The summed E-state index contributed by atoms with van der Waals surface area (Å²) in [5.74, 6) is -1.89. The number of carbonyl (C=O) groups excluding carboxylic acids is 1. The number of rotatable bonds is 9. The predicted molar refractivity (Wildman–Crippen MR) is 52.7 cm³/mol. The predicted octanol–water partition coefficient (Wildman–Crippen LogP) is -0.390. The van der Waals surface area contributed by atoms with Crippen molar-refractivity contribution >= 4 is 11.9 Å². The van der Waals surface area contributed by atoms with Crippen LogP contribution in [0.2, 0.25) is 0 Å². The number of carboxylic acid groups (broad SMARTS) is 1. The Hall–Kier alpha value is -1.28. The number of aliphatic hydroxyl groups is 1. The molecule has 1 amide bonds. The van der Waals surface area contributed by atoms with Crippen LogP contribution in [0.15, 0.2) is 0 Å². The van der Waals surface area contributed by atoms with Crippen LogP contribution in [0.25, 0.3) is 0 Å². The maximum absolute atomic E-state index is 11.6. The molecule has 100 valence electrons. The smallest absolute Gasteiger partial charge is 0.326 e. The van der Waals surface area contributed by atoms with Gasteiger partial charge in [0.2, 0.25) is 5.91 Å². The number of carbonyl (C=O) groups is 2. The van der Waals surface area contributed by atoms with E-state index in [4.69, 9.17) is 10.2 Å². The highest BCUT2D eigenvalue weighted by atomic mass is 19.3. The molecular weight excluding hydrogens is 240 g/mol. The van der Waals surface area contributed by atoms with Gasteiger partial charge in [0.05, 0.1) is 6.61 Å². The molecule has 0 fully saturated rings. The Kier molecular flexibility index (Phi) is 8.16. The van der Waals surface area contributed by atoms with E-state index in [2.05, 4.69) is 10.1 Å². The van der Waals surface area contributed by atoms with Gasteiger partial charge in [-0.15, -0.1) is 0 Å². The molecule has 0 aliphatic carbocycles. The van der Waals surface area contributed by atoms with Crippen molar-refractivity contribution in [2.45, 2.75) is 25.3 Å². The van der Waals surface area contributed by atoms with Crippen LogP contribution in [-0.4, -0.2) is 54.4 Å². The molecule has 3 N–H and O–H groups in total. The Labute approximate surface area is 96.6 Å². The Morgan fingerprint density at radius 2 is 2.00 bits per heavy atom. The summed E-state index contributed by atoms with van der Waals surface area (Å²) in [6.45, 7) is -1.34. The van der Waals surface area contributed by atoms with Gasteiger partial charge in [0.15, 0.2) is 0 Å². The van der Waals surface area contributed by atoms with Gasteiger partial charge < -0.3 is 20.3 Å². The average molecular weight is 255 g/mol. The molecule has 0 aromatic carbocycles. The van der Waals surface area contributed by atoms with Gasteiger partial charge in [-0.1, -0.05) is 0 Å². The molecule has 0 spiro atoms.